The van der Waals surface area contributed by atoms with Crippen LogP contribution in [0.25, 0.3) is 0 Å². The molecule has 2 atom stereocenters. The maximum Gasteiger partial charge on any atom is 0.255 e. The Bertz CT molecular complexity index is 1620. The molecule has 2 unspecified atom stereocenters. The molecule has 0 radical (unpaired) electrons. The molecule has 1 aliphatic heterocycles. The van der Waals surface area contributed by atoms with Gasteiger partial charge < -0.3 is 4.90 Å². The second kappa shape index (κ2) is 13.9. The fourth-order valence-corrected chi connectivity index (χ4v) is 8.27. The normalized spacial score (nSPS) is 17.5. The minimum absolute atomic E-state index is 0.114. The third-order valence-corrected chi connectivity index (χ3v) is 10.6. The van der Waals surface area contributed by atoms with E-state index in [0.717, 1.165) is 22.4 Å². The zero-order valence-corrected chi connectivity index (χ0v) is 26.2. The van der Waals surface area contributed by atoms with Crippen LogP contribution in [0.2, 0.25) is 0 Å². The van der Waals surface area contributed by atoms with Gasteiger partial charge >= 0.3 is 0 Å². The van der Waals surface area contributed by atoms with Crippen molar-refractivity contribution in [3.63, 3.8) is 0 Å². The van der Waals surface area contributed by atoms with Crippen LogP contribution in [0, 0.1) is 17.7 Å². The number of sulfonamides is 1. The third kappa shape index (κ3) is 7.93. The first-order chi connectivity index (χ1) is 20.7. The highest BCUT2D eigenvalue weighted by atomic mass is 32.2. The molecule has 5 nitrogen and oxygen atoms in total. The number of nitrogens with zero attached hydrogens (tertiary/aromatic N) is 2. The van der Waals surface area contributed by atoms with Gasteiger partial charge in [0.05, 0.1) is 10.5 Å². The number of piperidine rings is 1. The Hall–Kier alpha value is -3.46. The Morgan fingerprint density at radius 1 is 0.860 bits per heavy atom. The first-order valence-electron chi connectivity index (χ1n) is 14.6. The predicted molar refractivity (Wildman–Crippen MR) is 170 cm³/mol. The highest BCUT2D eigenvalue weighted by molar-refractivity contribution is 7.99. The second-order valence-electron chi connectivity index (χ2n) is 11.4. The van der Waals surface area contributed by atoms with Crippen molar-refractivity contribution >= 4 is 27.7 Å². The van der Waals surface area contributed by atoms with Crippen LogP contribution in [0.1, 0.15) is 41.8 Å². The molecule has 0 N–H and O–H groups in total. The highest BCUT2D eigenvalue weighted by Crippen LogP contribution is 2.35. The summed E-state index contributed by atoms with van der Waals surface area (Å²) in [6.45, 7) is 5.90. The number of carbonyl (C=O) groups is 1. The molecule has 5 rings (SSSR count). The van der Waals surface area contributed by atoms with Gasteiger partial charge in [0.1, 0.15) is 5.82 Å². The summed E-state index contributed by atoms with van der Waals surface area (Å²) < 4.78 is 43.0. The van der Waals surface area contributed by atoms with Crippen molar-refractivity contribution in [3.8, 4) is 0 Å². The molecule has 1 fully saturated rings. The lowest BCUT2D eigenvalue weighted by molar-refractivity contribution is 0.0741. The van der Waals surface area contributed by atoms with Crippen LogP contribution in [0.3, 0.4) is 0 Å². The summed E-state index contributed by atoms with van der Waals surface area (Å²) in [5.41, 5.74) is 2.41. The topological polar surface area (TPSA) is 57.7 Å². The van der Waals surface area contributed by atoms with Crippen LogP contribution in [0.4, 0.5) is 4.39 Å². The third-order valence-electron chi connectivity index (χ3n) is 7.71. The summed E-state index contributed by atoms with van der Waals surface area (Å²) in [5, 5.41) is 0. The van der Waals surface area contributed by atoms with E-state index < -0.39 is 10.0 Å². The molecule has 1 heterocycles. The summed E-state index contributed by atoms with van der Waals surface area (Å²) in [5.74, 6) is -0.0802. The average Bonchev–Trinajstić information content (AvgIpc) is 3.00. The molecular formula is C35H37FN2O3S2. The molecule has 0 saturated carbocycles. The maximum atomic E-state index is 14.4. The molecule has 1 aliphatic rings. The number of rotatable bonds is 10. The summed E-state index contributed by atoms with van der Waals surface area (Å²) >= 11 is 1.32. The highest BCUT2D eigenvalue weighted by Gasteiger charge is 2.33. The predicted octanol–water partition coefficient (Wildman–Crippen LogP) is 7.53. The minimum Gasteiger partial charge on any atom is -0.334 e. The average molecular weight is 617 g/mol. The van der Waals surface area contributed by atoms with E-state index in [2.05, 4.69) is 13.8 Å². The van der Waals surface area contributed by atoms with E-state index in [1.165, 1.54) is 30.0 Å². The molecule has 0 bridgehead atoms. The van der Waals surface area contributed by atoms with E-state index in [1.54, 1.807) is 33.5 Å². The second-order valence-corrected chi connectivity index (χ2v) is 14.5. The quantitative estimate of drug-likeness (QED) is 0.185. The minimum atomic E-state index is -3.82. The molecule has 224 valence electrons. The van der Waals surface area contributed by atoms with Crippen LogP contribution in [-0.4, -0.2) is 43.2 Å². The number of benzene rings is 4. The number of hydrogen-bond donors (Lipinski definition) is 0. The Balaban J connectivity index is 1.53. The van der Waals surface area contributed by atoms with Gasteiger partial charge in [0.2, 0.25) is 10.0 Å². The largest absolute Gasteiger partial charge is 0.334 e. The van der Waals surface area contributed by atoms with Gasteiger partial charge in [-0.1, -0.05) is 86.3 Å². The molecular weight excluding hydrogens is 580 g/mol. The number of carbonyl (C=O) groups excluding carboxylic acids is 1. The van der Waals surface area contributed by atoms with Gasteiger partial charge in [-0.25, -0.2) is 12.8 Å². The molecule has 0 spiro atoms. The van der Waals surface area contributed by atoms with Crippen LogP contribution in [0.15, 0.2) is 118 Å². The first kappa shape index (κ1) is 31.0. The smallest absolute Gasteiger partial charge is 0.255 e. The lowest BCUT2D eigenvalue weighted by Gasteiger charge is -2.34. The zero-order chi connectivity index (χ0) is 30.4. The van der Waals surface area contributed by atoms with Gasteiger partial charge in [-0.05, 0) is 78.3 Å². The lowest BCUT2D eigenvalue weighted by Crippen LogP contribution is -2.42. The van der Waals surface area contributed by atoms with Gasteiger partial charge in [-0.15, -0.1) is 0 Å². The molecule has 4 aromatic rings. The molecule has 0 aromatic heterocycles. The molecule has 1 amide bonds. The summed E-state index contributed by atoms with van der Waals surface area (Å²) in [7, 11) is -3.82. The Labute approximate surface area is 258 Å². The van der Waals surface area contributed by atoms with E-state index >= 15 is 0 Å². The van der Waals surface area contributed by atoms with Crippen LogP contribution >= 0.6 is 11.8 Å². The molecule has 4 aromatic carbocycles. The lowest BCUT2D eigenvalue weighted by atomic mass is 9.94. The maximum absolute atomic E-state index is 14.4. The van der Waals surface area contributed by atoms with Crippen molar-refractivity contribution in [3.05, 3.63) is 126 Å². The van der Waals surface area contributed by atoms with Crippen LogP contribution < -0.4 is 0 Å². The van der Waals surface area contributed by atoms with Crippen LogP contribution in [-0.2, 0) is 23.0 Å². The van der Waals surface area contributed by atoms with Gasteiger partial charge in [-0.2, -0.15) is 4.31 Å². The van der Waals surface area contributed by atoms with E-state index in [-0.39, 0.29) is 28.5 Å². The van der Waals surface area contributed by atoms with E-state index in [0.29, 0.717) is 43.1 Å². The fourth-order valence-electron chi connectivity index (χ4n) is 5.64. The number of halogens is 1. The fraction of sp³-hybridized carbons (Fsp3) is 0.286. The van der Waals surface area contributed by atoms with Gasteiger partial charge in [0, 0.05) is 36.0 Å². The molecule has 8 heteroatoms. The van der Waals surface area contributed by atoms with Crippen molar-refractivity contribution < 1.29 is 17.6 Å². The summed E-state index contributed by atoms with van der Waals surface area (Å²) in [6, 6.07) is 30.7. The monoisotopic (exact) mass is 616 g/mol. The van der Waals surface area contributed by atoms with Crippen molar-refractivity contribution in [2.45, 2.75) is 47.9 Å². The molecule has 43 heavy (non-hydrogen) atoms. The SMILES string of the molecule is CC1CC(C)CN(S(=O)(=O)c2ccc(Sc3ccc(F)cc3)c(C(=O)N(CCc3ccccc3)Cc3ccccc3)c2)C1. The standard InChI is InChI=1S/C35H37FN2O3S2/c1-26-21-27(2)24-38(23-26)43(40,41)32-17-18-34(42-31-15-13-30(36)14-16-31)33(22-32)35(39)37(25-29-11-7-4-8-12-29)20-19-28-9-5-3-6-10-28/h3-18,22,26-27H,19-21,23-25H2,1-2H3. The van der Waals surface area contributed by atoms with Gasteiger partial charge in [0.15, 0.2) is 0 Å². The summed E-state index contributed by atoms with van der Waals surface area (Å²) in [6.07, 6.45) is 1.64. The van der Waals surface area contributed by atoms with E-state index in [1.807, 2.05) is 60.7 Å². The van der Waals surface area contributed by atoms with E-state index in [9.17, 15) is 17.6 Å². The van der Waals surface area contributed by atoms with Crippen molar-refractivity contribution in [2.75, 3.05) is 19.6 Å². The van der Waals surface area contributed by atoms with Crippen molar-refractivity contribution in [1.82, 2.24) is 9.21 Å². The first-order valence-corrected chi connectivity index (χ1v) is 16.9. The molecule has 1 saturated heterocycles. The Kier molecular flexibility index (Phi) is 10.0. The number of amides is 1. The van der Waals surface area contributed by atoms with Crippen molar-refractivity contribution in [2.24, 2.45) is 11.8 Å². The molecule has 0 aliphatic carbocycles. The Morgan fingerprint density at radius 3 is 2.09 bits per heavy atom. The van der Waals surface area contributed by atoms with Crippen LogP contribution in [0.5, 0.6) is 0 Å². The number of hydrogen-bond acceptors (Lipinski definition) is 4. The van der Waals surface area contributed by atoms with Crippen molar-refractivity contribution in [1.29, 1.82) is 0 Å². The summed E-state index contributed by atoms with van der Waals surface area (Å²) in [4.78, 5) is 17.7. The zero-order valence-electron chi connectivity index (χ0n) is 24.5. The Morgan fingerprint density at radius 2 is 1.47 bits per heavy atom. The van der Waals surface area contributed by atoms with E-state index in [4.69, 9.17) is 0 Å². The van der Waals surface area contributed by atoms with Gasteiger partial charge in [-0.3, -0.25) is 4.79 Å². The van der Waals surface area contributed by atoms with Gasteiger partial charge in [0.25, 0.3) is 5.91 Å².